The Morgan fingerprint density at radius 2 is 2.00 bits per heavy atom. The fourth-order valence-corrected chi connectivity index (χ4v) is 1.76. The number of nitrogens with zero attached hydrogens (tertiary/aromatic N) is 2. The van der Waals surface area contributed by atoms with Crippen molar-refractivity contribution in [2.75, 3.05) is 11.9 Å². The molecular weight excluding hydrogens is 241 g/mol. The molecule has 0 fully saturated rings. The monoisotopic (exact) mass is 259 g/mol. The summed E-state index contributed by atoms with van der Waals surface area (Å²) in [7, 11) is 0. The SMILES string of the molecule is CC(C)(C#N)CCCCNc1cccc(F)c1C#N. The third-order valence-electron chi connectivity index (χ3n) is 2.97. The molecule has 4 heteroatoms. The van der Waals surface area contributed by atoms with Crippen LogP contribution >= 0.6 is 0 Å². The molecule has 100 valence electrons. The van der Waals surface area contributed by atoms with Crippen LogP contribution in [0.15, 0.2) is 18.2 Å². The summed E-state index contributed by atoms with van der Waals surface area (Å²) in [6, 6.07) is 8.67. The van der Waals surface area contributed by atoms with Gasteiger partial charge < -0.3 is 5.32 Å². The van der Waals surface area contributed by atoms with E-state index in [0.29, 0.717) is 12.2 Å². The quantitative estimate of drug-likeness (QED) is 0.790. The zero-order valence-electron chi connectivity index (χ0n) is 11.3. The predicted octanol–water partition coefficient (Wildman–Crippen LogP) is 3.83. The third kappa shape index (κ3) is 4.60. The summed E-state index contributed by atoms with van der Waals surface area (Å²) in [6.45, 7) is 4.50. The molecule has 0 aliphatic heterocycles. The Morgan fingerprint density at radius 3 is 2.63 bits per heavy atom. The molecule has 1 aromatic rings. The number of nitrogens with one attached hydrogen (secondary N) is 1. The van der Waals surface area contributed by atoms with Crippen LogP contribution in [-0.2, 0) is 0 Å². The highest BCUT2D eigenvalue weighted by molar-refractivity contribution is 5.57. The van der Waals surface area contributed by atoms with Crippen LogP contribution in [0.5, 0.6) is 0 Å². The number of halogens is 1. The highest BCUT2D eigenvalue weighted by Crippen LogP contribution is 2.22. The lowest BCUT2D eigenvalue weighted by molar-refractivity contribution is 0.430. The van der Waals surface area contributed by atoms with E-state index >= 15 is 0 Å². The van der Waals surface area contributed by atoms with Crippen LogP contribution in [0.1, 0.15) is 38.7 Å². The molecule has 0 bridgehead atoms. The van der Waals surface area contributed by atoms with Crippen molar-refractivity contribution in [3.8, 4) is 12.1 Å². The van der Waals surface area contributed by atoms with Crippen molar-refractivity contribution in [3.63, 3.8) is 0 Å². The molecule has 0 atom stereocenters. The second-order valence-corrected chi connectivity index (χ2v) is 5.15. The Balaban J connectivity index is 2.41. The summed E-state index contributed by atoms with van der Waals surface area (Å²) in [5.74, 6) is -0.502. The van der Waals surface area contributed by atoms with E-state index in [4.69, 9.17) is 10.5 Å². The van der Waals surface area contributed by atoms with E-state index < -0.39 is 5.82 Å². The van der Waals surface area contributed by atoms with Crippen LogP contribution in [0.25, 0.3) is 0 Å². The van der Waals surface area contributed by atoms with E-state index in [1.54, 1.807) is 12.1 Å². The molecule has 0 aromatic heterocycles. The molecule has 0 radical (unpaired) electrons. The van der Waals surface area contributed by atoms with Gasteiger partial charge >= 0.3 is 0 Å². The first-order chi connectivity index (χ1) is 9.00. The Morgan fingerprint density at radius 1 is 1.26 bits per heavy atom. The molecule has 0 saturated carbocycles. The van der Waals surface area contributed by atoms with Gasteiger partial charge in [0.2, 0.25) is 0 Å². The molecule has 1 rings (SSSR count). The Kier molecular flexibility index (Phi) is 5.33. The second kappa shape index (κ2) is 6.75. The average Bonchev–Trinajstić information content (AvgIpc) is 2.38. The molecule has 0 saturated heterocycles. The Bertz CT molecular complexity index is 509. The first-order valence-corrected chi connectivity index (χ1v) is 6.34. The smallest absolute Gasteiger partial charge is 0.143 e. The fraction of sp³-hybridized carbons (Fsp3) is 0.467. The number of unbranched alkanes of at least 4 members (excludes halogenated alkanes) is 1. The van der Waals surface area contributed by atoms with Crippen LogP contribution in [0.2, 0.25) is 0 Å². The molecular formula is C15H18FN3. The second-order valence-electron chi connectivity index (χ2n) is 5.15. The van der Waals surface area contributed by atoms with Gasteiger partial charge in [0.25, 0.3) is 0 Å². The van der Waals surface area contributed by atoms with Gasteiger partial charge in [-0.3, -0.25) is 0 Å². The highest BCUT2D eigenvalue weighted by atomic mass is 19.1. The number of anilines is 1. The molecule has 0 heterocycles. The number of nitriles is 2. The molecule has 3 nitrogen and oxygen atoms in total. The van der Waals surface area contributed by atoms with Crippen molar-refractivity contribution in [2.24, 2.45) is 5.41 Å². The molecule has 1 aromatic carbocycles. The molecule has 1 N–H and O–H groups in total. The van der Waals surface area contributed by atoms with Crippen molar-refractivity contribution in [3.05, 3.63) is 29.6 Å². The van der Waals surface area contributed by atoms with E-state index in [1.165, 1.54) is 6.07 Å². The zero-order valence-corrected chi connectivity index (χ0v) is 11.3. The largest absolute Gasteiger partial charge is 0.384 e. The van der Waals surface area contributed by atoms with Crippen LogP contribution in [0.4, 0.5) is 10.1 Å². The molecule has 19 heavy (non-hydrogen) atoms. The van der Waals surface area contributed by atoms with Gasteiger partial charge in [0.15, 0.2) is 0 Å². The van der Waals surface area contributed by atoms with Crippen molar-refractivity contribution >= 4 is 5.69 Å². The number of rotatable bonds is 6. The van der Waals surface area contributed by atoms with Gasteiger partial charge in [-0.05, 0) is 38.8 Å². The summed E-state index contributed by atoms with van der Waals surface area (Å²) in [5.41, 5.74) is 0.290. The maximum absolute atomic E-state index is 13.3. The average molecular weight is 259 g/mol. The summed E-state index contributed by atoms with van der Waals surface area (Å²) >= 11 is 0. The topological polar surface area (TPSA) is 59.6 Å². The number of hydrogen-bond donors (Lipinski definition) is 1. The van der Waals surface area contributed by atoms with Crippen molar-refractivity contribution < 1.29 is 4.39 Å². The van der Waals surface area contributed by atoms with Crippen LogP contribution < -0.4 is 5.32 Å². The van der Waals surface area contributed by atoms with Gasteiger partial charge in [-0.2, -0.15) is 10.5 Å². The van der Waals surface area contributed by atoms with Crippen molar-refractivity contribution in [1.29, 1.82) is 10.5 Å². The van der Waals surface area contributed by atoms with Gasteiger partial charge in [0, 0.05) is 6.54 Å². The molecule has 0 aliphatic rings. The molecule has 0 unspecified atom stereocenters. The van der Waals surface area contributed by atoms with Crippen LogP contribution in [0, 0.1) is 33.9 Å². The fourth-order valence-electron chi connectivity index (χ4n) is 1.76. The molecule has 0 aliphatic carbocycles. The van der Waals surface area contributed by atoms with E-state index in [-0.39, 0.29) is 11.0 Å². The van der Waals surface area contributed by atoms with E-state index in [1.807, 2.05) is 19.9 Å². The first-order valence-electron chi connectivity index (χ1n) is 6.34. The summed E-state index contributed by atoms with van der Waals surface area (Å²) < 4.78 is 13.3. The minimum absolute atomic E-state index is 0.0554. The standard InChI is InChI=1S/C15H18FN3/c1-15(2,11-18)8-3-4-9-19-14-7-5-6-13(16)12(14)10-17/h5-7,19H,3-4,8-9H2,1-2H3. The van der Waals surface area contributed by atoms with Gasteiger partial charge in [-0.1, -0.05) is 12.5 Å². The lowest BCUT2D eigenvalue weighted by Crippen LogP contribution is -2.09. The van der Waals surface area contributed by atoms with E-state index in [9.17, 15) is 4.39 Å². The van der Waals surface area contributed by atoms with Crippen molar-refractivity contribution in [1.82, 2.24) is 0 Å². The zero-order chi connectivity index (χ0) is 14.3. The summed E-state index contributed by atoms with van der Waals surface area (Å²) in [4.78, 5) is 0. The van der Waals surface area contributed by atoms with Gasteiger partial charge in [0.05, 0.1) is 17.2 Å². The normalized spacial score (nSPS) is 10.6. The third-order valence-corrected chi connectivity index (χ3v) is 2.97. The first kappa shape index (κ1) is 15.0. The van der Waals surface area contributed by atoms with Crippen LogP contribution in [-0.4, -0.2) is 6.54 Å². The van der Waals surface area contributed by atoms with E-state index in [2.05, 4.69) is 11.4 Å². The predicted molar refractivity (Wildman–Crippen MR) is 72.8 cm³/mol. The van der Waals surface area contributed by atoms with E-state index in [0.717, 1.165) is 19.3 Å². The Labute approximate surface area is 113 Å². The summed E-state index contributed by atoms with van der Waals surface area (Å²) in [5, 5.41) is 20.8. The van der Waals surface area contributed by atoms with Crippen molar-refractivity contribution in [2.45, 2.75) is 33.1 Å². The maximum atomic E-state index is 13.3. The van der Waals surface area contributed by atoms with Gasteiger partial charge in [0.1, 0.15) is 17.4 Å². The molecule has 0 spiro atoms. The lowest BCUT2D eigenvalue weighted by atomic mass is 9.89. The minimum Gasteiger partial charge on any atom is -0.384 e. The highest BCUT2D eigenvalue weighted by Gasteiger charge is 2.15. The lowest BCUT2D eigenvalue weighted by Gasteiger charge is -2.14. The number of benzene rings is 1. The molecule has 0 amide bonds. The minimum atomic E-state index is -0.502. The number of hydrogen-bond acceptors (Lipinski definition) is 3. The van der Waals surface area contributed by atoms with Crippen LogP contribution in [0.3, 0.4) is 0 Å². The van der Waals surface area contributed by atoms with Gasteiger partial charge in [-0.15, -0.1) is 0 Å². The summed E-state index contributed by atoms with van der Waals surface area (Å²) in [6.07, 6.45) is 2.64. The Hall–Kier alpha value is -2.07. The van der Waals surface area contributed by atoms with Gasteiger partial charge in [-0.25, -0.2) is 4.39 Å². The maximum Gasteiger partial charge on any atom is 0.143 e.